The first-order chi connectivity index (χ1) is 6.54. The monoisotopic (exact) mass is 194 g/mol. The first-order valence-electron chi connectivity index (χ1n) is 4.82. The summed E-state index contributed by atoms with van der Waals surface area (Å²) < 4.78 is 0. The average Bonchev–Trinajstić information content (AvgIpc) is 2.16. The molecule has 1 heterocycles. The van der Waals surface area contributed by atoms with E-state index in [-0.39, 0.29) is 0 Å². The molecule has 1 atom stereocenters. The number of aromatic nitrogens is 2. The third-order valence-electron chi connectivity index (χ3n) is 2.63. The molecule has 0 saturated heterocycles. The van der Waals surface area contributed by atoms with E-state index in [0.29, 0.717) is 17.6 Å². The third-order valence-corrected chi connectivity index (χ3v) is 2.63. The van der Waals surface area contributed by atoms with Gasteiger partial charge in [0.25, 0.3) is 0 Å². The Morgan fingerprint density at radius 3 is 2.50 bits per heavy atom. The molecular formula is C10H18N4. The van der Waals surface area contributed by atoms with Crippen molar-refractivity contribution in [3.05, 3.63) is 12.5 Å². The van der Waals surface area contributed by atoms with Crippen LogP contribution in [-0.4, -0.2) is 23.1 Å². The Bertz CT molecular complexity index is 298. The Hall–Kier alpha value is -1.32. The zero-order valence-electron chi connectivity index (χ0n) is 9.23. The number of anilines is 2. The minimum atomic E-state index is 0.409. The number of nitrogens with two attached hydrogens (primary N) is 1. The van der Waals surface area contributed by atoms with Crippen LogP contribution in [0.25, 0.3) is 0 Å². The van der Waals surface area contributed by atoms with E-state index in [1.807, 2.05) is 7.05 Å². The minimum Gasteiger partial charge on any atom is -0.394 e. The second kappa shape index (κ2) is 4.26. The smallest absolute Gasteiger partial charge is 0.155 e. The zero-order chi connectivity index (χ0) is 10.7. The van der Waals surface area contributed by atoms with E-state index in [4.69, 9.17) is 5.73 Å². The number of hydrogen-bond acceptors (Lipinski definition) is 4. The number of rotatable bonds is 3. The molecule has 0 spiro atoms. The molecule has 0 amide bonds. The highest BCUT2D eigenvalue weighted by atomic mass is 15.2. The summed E-state index contributed by atoms with van der Waals surface area (Å²) in [5.74, 6) is 1.37. The highest BCUT2D eigenvalue weighted by Crippen LogP contribution is 2.21. The van der Waals surface area contributed by atoms with Gasteiger partial charge in [0.15, 0.2) is 5.82 Å². The van der Waals surface area contributed by atoms with Crippen LogP contribution in [0.3, 0.4) is 0 Å². The fraction of sp³-hybridized carbons (Fsp3) is 0.600. The Morgan fingerprint density at radius 1 is 1.36 bits per heavy atom. The highest BCUT2D eigenvalue weighted by molar-refractivity contribution is 5.60. The molecule has 0 radical (unpaired) electrons. The SMILES string of the molecule is CC(C)C(C)N(C)c1ncncc1N. The number of hydrogen-bond donors (Lipinski definition) is 1. The average molecular weight is 194 g/mol. The minimum absolute atomic E-state index is 0.409. The van der Waals surface area contributed by atoms with Gasteiger partial charge in [-0.05, 0) is 12.8 Å². The fourth-order valence-electron chi connectivity index (χ4n) is 1.27. The fourth-order valence-corrected chi connectivity index (χ4v) is 1.27. The van der Waals surface area contributed by atoms with Crippen molar-refractivity contribution in [3.8, 4) is 0 Å². The van der Waals surface area contributed by atoms with Gasteiger partial charge in [-0.25, -0.2) is 9.97 Å². The lowest BCUT2D eigenvalue weighted by molar-refractivity contribution is 0.503. The molecule has 0 aliphatic heterocycles. The van der Waals surface area contributed by atoms with Crippen molar-refractivity contribution in [3.63, 3.8) is 0 Å². The van der Waals surface area contributed by atoms with Gasteiger partial charge in [-0.3, -0.25) is 0 Å². The Balaban J connectivity index is 2.89. The molecule has 2 N–H and O–H groups in total. The summed E-state index contributed by atoms with van der Waals surface area (Å²) in [5, 5.41) is 0. The van der Waals surface area contributed by atoms with Crippen molar-refractivity contribution < 1.29 is 0 Å². The summed E-state index contributed by atoms with van der Waals surface area (Å²) in [6, 6.07) is 0.409. The lowest BCUT2D eigenvalue weighted by Crippen LogP contribution is -2.34. The molecule has 14 heavy (non-hydrogen) atoms. The molecule has 4 nitrogen and oxygen atoms in total. The van der Waals surface area contributed by atoms with Crippen molar-refractivity contribution in [2.24, 2.45) is 5.92 Å². The van der Waals surface area contributed by atoms with Crippen LogP contribution in [0, 0.1) is 5.92 Å². The van der Waals surface area contributed by atoms with Crippen LogP contribution in [-0.2, 0) is 0 Å². The van der Waals surface area contributed by atoms with Crippen LogP contribution in [0.2, 0.25) is 0 Å². The molecule has 0 bridgehead atoms. The molecular weight excluding hydrogens is 176 g/mol. The summed E-state index contributed by atoms with van der Waals surface area (Å²) >= 11 is 0. The predicted octanol–water partition coefficient (Wildman–Crippen LogP) is 1.54. The van der Waals surface area contributed by atoms with Gasteiger partial charge < -0.3 is 10.6 Å². The van der Waals surface area contributed by atoms with E-state index in [2.05, 4.69) is 35.6 Å². The summed E-state index contributed by atoms with van der Waals surface area (Å²) in [7, 11) is 2.00. The topological polar surface area (TPSA) is 55.0 Å². The van der Waals surface area contributed by atoms with E-state index in [1.54, 1.807) is 6.20 Å². The predicted molar refractivity (Wildman–Crippen MR) is 59.1 cm³/mol. The molecule has 0 aliphatic carbocycles. The standard InChI is InChI=1S/C10H18N4/c1-7(2)8(3)14(4)10-9(11)5-12-6-13-10/h5-8H,11H2,1-4H3. The maximum atomic E-state index is 5.79. The summed E-state index contributed by atoms with van der Waals surface area (Å²) in [6.07, 6.45) is 3.15. The zero-order valence-corrected chi connectivity index (χ0v) is 9.23. The molecule has 1 aromatic rings. The van der Waals surface area contributed by atoms with Gasteiger partial charge in [-0.15, -0.1) is 0 Å². The molecule has 78 valence electrons. The van der Waals surface area contributed by atoms with Crippen LogP contribution < -0.4 is 10.6 Å². The Morgan fingerprint density at radius 2 is 2.00 bits per heavy atom. The van der Waals surface area contributed by atoms with Crippen LogP contribution in [0.1, 0.15) is 20.8 Å². The molecule has 0 saturated carbocycles. The van der Waals surface area contributed by atoms with E-state index in [0.717, 1.165) is 5.82 Å². The summed E-state index contributed by atoms with van der Waals surface area (Å²) in [5.41, 5.74) is 6.42. The van der Waals surface area contributed by atoms with Crippen molar-refractivity contribution in [1.29, 1.82) is 0 Å². The van der Waals surface area contributed by atoms with Gasteiger partial charge in [0.05, 0.1) is 11.9 Å². The summed E-state index contributed by atoms with van der Waals surface area (Å²) in [6.45, 7) is 6.52. The lowest BCUT2D eigenvalue weighted by atomic mass is 10.1. The van der Waals surface area contributed by atoms with E-state index in [9.17, 15) is 0 Å². The molecule has 4 heteroatoms. The number of nitrogens with zero attached hydrogens (tertiary/aromatic N) is 3. The van der Waals surface area contributed by atoms with Crippen LogP contribution in [0.15, 0.2) is 12.5 Å². The van der Waals surface area contributed by atoms with E-state index < -0.39 is 0 Å². The normalized spacial score (nSPS) is 12.9. The Labute approximate surface area is 85.2 Å². The molecule has 1 rings (SSSR count). The van der Waals surface area contributed by atoms with Crippen molar-refractivity contribution >= 4 is 11.5 Å². The molecule has 1 aromatic heterocycles. The maximum absolute atomic E-state index is 5.79. The van der Waals surface area contributed by atoms with Crippen molar-refractivity contribution in [1.82, 2.24) is 9.97 Å². The highest BCUT2D eigenvalue weighted by Gasteiger charge is 2.16. The quantitative estimate of drug-likeness (QED) is 0.793. The van der Waals surface area contributed by atoms with Gasteiger partial charge in [-0.2, -0.15) is 0 Å². The third kappa shape index (κ3) is 2.13. The van der Waals surface area contributed by atoms with Crippen molar-refractivity contribution in [2.75, 3.05) is 17.7 Å². The lowest BCUT2D eigenvalue weighted by Gasteiger charge is -2.29. The van der Waals surface area contributed by atoms with Gasteiger partial charge in [0, 0.05) is 13.1 Å². The second-order valence-electron chi connectivity index (χ2n) is 3.90. The largest absolute Gasteiger partial charge is 0.394 e. The van der Waals surface area contributed by atoms with Gasteiger partial charge in [0.1, 0.15) is 6.33 Å². The van der Waals surface area contributed by atoms with E-state index in [1.165, 1.54) is 6.33 Å². The molecule has 0 fully saturated rings. The molecule has 0 aliphatic rings. The van der Waals surface area contributed by atoms with Gasteiger partial charge in [-0.1, -0.05) is 13.8 Å². The van der Waals surface area contributed by atoms with Crippen molar-refractivity contribution in [2.45, 2.75) is 26.8 Å². The number of nitrogen functional groups attached to an aromatic ring is 1. The van der Waals surface area contributed by atoms with Gasteiger partial charge >= 0.3 is 0 Å². The van der Waals surface area contributed by atoms with Gasteiger partial charge in [0.2, 0.25) is 0 Å². The summed E-state index contributed by atoms with van der Waals surface area (Å²) in [4.78, 5) is 10.1. The van der Waals surface area contributed by atoms with E-state index >= 15 is 0 Å². The first-order valence-corrected chi connectivity index (χ1v) is 4.82. The van der Waals surface area contributed by atoms with Crippen LogP contribution in [0.4, 0.5) is 11.5 Å². The molecule has 1 unspecified atom stereocenters. The second-order valence-corrected chi connectivity index (χ2v) is 3.90. The Kier molecular flexibility index (Phi) is 3.28. The molecule has 0 aromatic carbocycles. The maximum Gasteiger partial charge on any atom is 0.155 e. The van der Waals surface area contributed by atoms with Crippen LogP contribution in [0.5, 0.6) is 0 Å². The van der Waals surface area contributed by atoms with Crippen LogP contribution >= 0.6 is 0 Å². The first kappa shape index (κ1) is 10.8.